The number of hydrogen-bond donors (Lipinski definition) is 0. The summed E-state index contributed by atoms with van der Waals surface area (Å²) in [6.07, 6.45) is 4.06. The van der Waals surface area contributed by atoms with Crippen LogP contribution in [0.5, 0.6) is 0 Å². The lowest BCUT2D eigenvalue weighted by atomic mass is 10.2. The summed E-state index contributed by atoms with van der Waals surface area (Å²) in [5.74, 6) is -0.432. The highest BCUT2D eigenvalue weighted by Gasteiger charge is 2.20. The number of ether oxygens (including phenoxy) is 1. The molecule has 0 saturated carbocycles. The fourth-order valence-corrected chi connectivity index (χ4v) is 2.29. The van der Waals surface area contributed by atoms with E-state index < -0.39 is 13.8 Å². The molecule has 0 aliphatic heterocycles. The van der Waals surface area contributed by atoms with Crippen LogP contribution in [0, 0.1) is 0 Å². The molecule has 0 aliphatic carbocycles. The minimum absolute atomic E-state index is 0.0905. The van der Waals surface area contributed by atoms with Gasteiger partial charge < -0.3 is 14.2 Å². The number of carbonyl (C=O) groups excluding carboxylic acids is 1. The first-order chi connectivity index (χ1) is 9.16. The molecule has 118 valence electrons. The molecule has 20 heavy (non-hydrogen) atoms. The molecule has 0 aromatic rings. The molecule has 0 saturated heterocycles. The number of quaternary nitrogens is 1. The summed E-state index contributed by atoms with van der Waals surface area (Å²) in [7, 11) is 0.495. The third-order valence-electron chi connectivity index (χ3n) is 2.04. The van der Waals surface area contributed by atoms with Crippen LogP contribution in [-0.4, -0.2) is 45.0 Å². The van der Waals surface area contributed by atoms with Gasteiger partial charge in [0.1, 0.15) is 0 Å². The Kier molecular flexibility index (Phi) is 8.93. The third kappa shape index (κ3) is 12.3. The van der Waals surface area contributed by atoms with Gasteiger partial charge in [-0.1, -0.05) is 13.0 Å². The van der Waals surface area contributed by atoms with Crippen LogP contribution in [0.2, 0.25) is 0 Å². The smallest absolute Gasteiger partial charge is 0.330 e. The van der Waals surface area contributed by atoms with Crippen molar-refractivity contribution >= 4 is 13.8 Å². The molecule has 0 radical (unpaired) electrons. The van der Waals surface area contributed by atoms with Crippen LogP contribution in [0.15, 0.2) is 12.7 Å². The van der Waals surface area contributed by atoms with Crippen LogP contribution in [0.25, 0.3) is 0 Å². The number of esters is 1. The molecule has 0 bridgehead atoms. The highest BCUT2D eigenvalue weighted by molar-refractivity contribution is 7.45. The van der Waals surface area contributed by atoms with Gasteiger partial charge in [-0.25, -0.2) is 4.79 Å². The van der Waals surface area contributed by atoms with Crippen molar-refractivity contribution in [3.05, 3.63) is 12.7 Å². The van der Waals surface area contributed by atoms with Crippen LogP contribution < -0.4 is 4.89 Å². The standard InChI is InChI=1S/C12H24NO6P/c1-5-12(14)17-10-8-6-7-9-11-18-20(15,16)19-13(2,3)4/h5H,1,6-11H2,2-4H3. The predicted octanol–water partition coefficient (Wildman–Crippen LogP) is 1.40. The molecule has 0 amide bonds. The number of rotatable bonds is 11. The summed E-state index contributed by atoms with van der Waals surface area (Å²) in [5.41, 5.74) is 0. The molecule has 1 atom stereocenters. The number of unbranched alkanes of at least 4 members (excludes halogenated alkanes) is 3. The van der Waals surface area contributed by atoms with E-state index in [1.807, 2.05) is 0 Å². The molecular weight excluding hydrogens is 285 g/mol. The molecule has 0 aliphatic rings. The van der Waals surface area contributed by atoms with E-state index >= 15 is 0 Å². The number of hydrogen-bond acceptors (Lipinski definition) is 6. The summed E-state index contributed by atoms with van der Waals surface area (Å²) in [6, 6.07) is 0. The maximum absolute atomic E-state index is 11.4. The lowest BCUT2D eigenvalue weighted by Crippen LogP contribution is -2.35. The van der Waals surface area contributed by atoms with Gasteiger partial charge in [0.05, 0.1) is 34.4 Å². The molecule has 1 unspecified atom stereocenters. The Hall–Kier alpha value is -0.720. The molecule has 0 aromatic carbocycles. The first-order valence-electron chi connectivity index (χ1n) is 6.44. The van der Waals surface area contributed by atoms with Crippen LogP contribution in [0.4, 0.5) is 0 Å². The zero-order chi connectivity index (χ0) is 15.6. The van der Waals surface area contributed by atoms with Gasteiger partial charge in [-0.2, -0.15) is 4.65 Å². The summed E-state index contributed by atoms with van der Waals surface area (Å²) < 4.78 is 25.5. The first kappa shape index (κ1) is 19.3. The maximum atomic E-state index is 11.4. The van der Waals surface area contributed by atoms with Crippen molar-refractivity contribution in [3.63, 3.8) is 0 Å². The van der Waals surface area contributed by atoms with Crippen LogP contribution in [0.1, 0.15) is 25.7 Å². The van der Waals surface area contributed by atoms with Gasteiger partial charge in [0.2, 0.25) is 0 Å². The van der Waals surface area contributed by atoms with Crippen molar-refractivity contribution < 1.29 is 32.8 Å². The lowest BCUT2D eigenvalue weighted by Gasteiger charge is -2.29. The Morgan fingerprint density at radius 1 is 1.20 bits per heavy atom. The summed E-state index contributed by atoms with van der Waals surface area (Å²) in [4.78, 5) is 22.1. The SMILES string of the molecule is C=CC(=O)OCCCCCCOP(=O)([O-])O[N+](C)(C)C. The van der Waals surface area contributed by atoms with Crippen molar-refractivity contribution in [2.24, 2.45) is 0 Å². The summed E-state index contributed by atoms with van der Waals surface area (Å²) in [6.45, 7) is 3.72. The number of carbonyl (C=O) groups is 1. The van der Waals surface area contributed by atoms with E-state index in [1.165, 1.54) is 0 Å². The minimum Gasteiger partial charge on any atom is -0.752 e. The Bertz CT molecular complexity index is 352. The van der Waals surface area contributed by atoms with Crippen molar-refractivity contribution in [1.29, 1.82) is 0 Å². The molecule has 0 rings (SSSR count). The minimum atomic E-state index is -4.25. The molecule has 8 heteroatoms. The van der Waals surface area contributed by atoms with E-state index in [2.05, 4.69) is 6.58 Å². The highest BCUT2D eigenvalue weighted by Crippen LogP contribution is 2.40. The highest BCUT2D eigenvalue weighted by atomic mass is 31.2. The summed E-state index contributed by atoms with van der Waals surface area (Å²) >= 11 is 0. The zero-order valence-corrected chi connectivity index (χ0v) is 13.3. The van der Waals surface area contributed by atoms with Gasteiger partial charge in [-0.05, 0) is 19.3 Å². The van der Waals surface area contributed by atoms with Gasteiger partial charge >= 0.3 is 13.8 Å². The van der Waals surface area contributed by atoms with E-state index in [0.29, 0.717) is 13.0 Å². The quantitative estimate of drug-likeness (QED) is 0.143. The van der Waals surface area contributed by atoms with E-state index in [-0.39, 0.29) is 11.3 Å². The lowest BCUT2D eigenvalue weighted by molar-refractivity contribution is -1.04. The molecular formula is C12H24NO6P. The van der Waals surface area contributed by atoms with E-state index in [9.17, 15) is 14.3 Å². The van der Waals surface area contributed by atoms with Gasteiger partial charge in [0.15, 0.2) is 0 Å². The number of phosphoric acid groups is 1. The van der Waals surface area contributed by atoms with Crippen molar-refractivity contribution in [2.75, 3.05) is 34.4 Å². The Labute approximate surface area is 120 Å². The van der Waals surface area contributed by atoms with Crippen molar-refractivity contribution in [3.8, 4) is 0 Å². The molecule has 0 fully saturated rings. The molecule has 0 N–H and O–H groups in total. The Morgan fingerprint density at radius 2 is 1.75 bits per heavy atom. The first-order valence-corrected chi connectivity index (χ1v) is 7.90. The van der Waals surface area contributed by atoms with Gasteiger partial charge in [-0.15, -0.1) is 4.62 Å². The van der Waals surface area contributed by atoms with E-state index in [1.54, 1.807) is 21.1 Å². The monoisotopic (exact) mass is 309 g/mol. The molecule has 0 aromatic heterocycles. The topological polar surface area (TPSA) is 84.9 Å². The predicted molar refractivity (Wildman–Crippen MR) is 72.3 cm³/mol. The Balaban J connectivity index is 3.55. The second kappa shape index (κ2) is 9.26. The van der Waals surface area contributed by atoms with Gasteiger partial charge in [0.25, 0.3) is 0 Å². The average Bonchev–Trinajstić information content (AvgIpc) is 2.28. The van der Waals surface area contributed by atoms with Gasteiger partial charge in [0, 0.05) is 6.08 Å². The third-order valence-corrected chi connectivity index (χ3v) is 3.23. The Morgan fingerprint density at radius 3 is 2.25 bits per heavy atom. The molecule has 0 heterocycles. The second-order valence-corrected chi connectivity index (χ2v) is 6.35. The fourth-order valence-electron chi connectivity index (χ4n) is 1.29. The maximum Gasteiger partial charge on any atom is 0.330 e. The largest absolute Gasteiger partial charge is 0.752 e. The van der Waals surface area contributed by atoms with E-state index in [4.69, 9.17) is 13.9 Å². The van der Waals surface area contributed by atoms with Gasteiger partial charge in [-0.3, -0.25) is 4.57 Å². The average molecular weight is 309 g/mol. The fraction of sp³-hybridized carbons (Fsp3) is 0.750. The number of phosphoric ester groups is 1. The van der Waals surface area contributed by atoms with Crippen molar-refractivity contribution in [2.45, 2.75) is 25.7 Å². The van der Waals surface area contributed by atoms with Crippen LogP contribution in [-0.2, 0) is 23.2 Å². The number of nitrogens with zero attached hydrogens (tertiary/aromatic N) is 1. The second-order valence-electron chi connectivity index (χ2n) is 5.04. The normalized spacial score (nSPS) is 14.6. The number of hydroxylamine groups is 3. The summed E-state index contributed by atoms with van der Waals surface area (Å²) in [5, 5.41) is 0. The zero-order valence-electron chi connectivity index (χ0n) is 12.4. The van der Waals surface area contributed by atoms with E-state index in [0.717, 1.165) is 25.3 Å². The van der Waals surface area contributed by atoms with Crippen molar-refractivity contribution in [1.82, 2.24) is 0 Å². The van der Waals surface area contributed by atoms with Crippen LogP contribution >= 0.6 is 7.82 Å². The molecule has 0 spiro atoms. The van der Waals surface area contributed by atoms with Crippen LogP contribution in [0.3, 0.4) is 0 Å². The molecule has 7 nitrogen and oxygen atoms in total.